The van der Waals surface area contributed by atoms with Crippen LogP contribution in [0.5, 0.6) is 0 Å². The number of carbonyl (C=O) groups is 2. The highest BCUT2D eigenvalue weighted by atomic mass is 16.6. The van der Waals surface area contributed by atoms with Crippen LogP contribution in [-0.2, 0) is 19.1 Å². The number of rotatable bonds is 11. The minimum Gasteiger partial charge on any atom is -0.464 e. The van der Waals surface area contributed by atoms with Crippen molar-refractivity contribution in [1.29, 1.82) is 0 Å². The highest BCUT2D eigenvalue weighted by molar-refractivity contribution is 5.78. The molecule has 0 aromatic rings. The van der Waals surface area contributed by atoms with E-state index in [0.29, 0.717) is 6.42 Å². The molecule has 0 N–H and O–H groups in total. The summed E-state index contributed by atoms with van der Waals surface area (Å²) >= 11 is 0. The number of ether oxygens (including phenoxy) is 2. The molecule has 0 aliphatic carbocycles. The van der Waals surface area contributed by atoms with E-state index in [1.165, 1.54) is 7.11 Å². The largest absolute Gasteiger partial charge is 0.464 e. The molecule has 0 aromatic carbocycles. The summed E-state index contributed by atoms with van der Waals surface area (Å²) in [7, 11) is 1.46. The summed E-state index contributed by atoms with van der Waals surface area (Å²) in [5, 5.41) is 0. The Bertz CT molecular complexity index is 286. The van der Waals surface area contributed by atoms with Gasteiger partial charge in [0.2, 0.25) is 0 Å². The summed E-state index contributed by atoms with van der Waals surface area (Å²) in [5.41, 5.74) is 0. The normalized spacial score (nSPS) is 13.6. The van der Waals surface area contributed by atoms with E-state index >= 15 is 0 Å². The summed E-state index contributed by atoms with van der Waals surface area (Å²) in [6.45, 7) is 7.18. The van der Waals surface area contributed by atoms with Gasteiger partial charge in [-0.25, -0.2) is 4.79 Å². The van der Waals surface area contributed by atoms with Crippen LogP contribution in [0, 0.1) is 5.92 Å². The zero-order chi connectivity index (χ0) is 14.7. The lowest BCUT2D eigenvalue weighted by atomic mass is 9.94. The third-order valence-electron chi connectivity index (χ3n) is 3.18. The van der Waals surface area contributed by atoms with Crippen molar-refractivity contribution in [2.24, 2.45) is 5.92 Å². The van der Waals surface area contributed by atoms with Gasteiger partial charge in [-0.3, -0.25) is 4.79 Å². The van der Waals surface area contributed by atoms with Gasteiger partial charge in [-0.2, -0.15) is 0 Å². The lowest BCUT2D eigenvalue weighted by Gasteiger charge is -2.15. The number of carbonyl (C=O) groups excluding carboxylic acids is 2. The molecule has 0 fully saturated rings. The Kier molecular flexibility index (Phi) is 10.1. The van der Waals surface area contributed by atoms with E-state index in [0.717, 1.165) is 25.7 Å². The van der Waals surface area contributed by atoms with E-state index in [1.807, 2.05) is 6.08 Å². The molecule has 0 bridgehead atoms. The van der Waals surface area contributed by atoms with Gasteiger partial charge in [0.15, 0.2) is 6.10 Å². The molecule has 0 aliphatic heterocycles. The van der Waals surface area contributed by atoms with Gasteiger partial charge < -0.3 is 9.47 Å². The van der Waals surface area contributed by atoms with Crippen LogP contribution in [0.2, 0.25) is 0 Å². The Morgan fingerprint density at radius 1 is 1.26 bits per heavy atom. The van der Waals surface area contributed by atoms with Gasteiger partial charge in [0.25, 0.3) is 0 Å². The van der Waals surface area contributed by atoms with Crippen molar-refractivity contribution >= 4 is 11.8 Å². The molecule has 110 valence electrons. The number of allylic oxidation sites excluding steroid dienone is 1. The van der Waals surface area contributed by atoms with E-state index in [9.17, 15) is 9.59 Å². The zero-order valence-corrected chi connectivity index (χ0v) is 12.3. The first-order valence-corrected chi connectivity index (χ1v) is 6.83. The van der Waals surface area contributed by atoms with Crippen molar-refractivity contribution in [3.8, 4) is 0 Å². The molecule has 4 heteroatoms. The van der Waals surface area contributed by atoms with Gasteiger partial charge >= 0.3 is 5.97 Å². The Hall–Kier alpha value is -1.16. The molecule has 0 amide bonds. The van der Waals surface area contributed by atoms with Crippen LogP contribution in [0.15, 0.2) is 12.7 Å². The third kappa shape index (κ3) is 8.54. The number of ketones is 1. The van der Waals surface area contributed by atoms with E-state index in [4.69, 9.17) is 9.47 Å². The van der Waals surface area contributed by atoms with Crippen LogP contribution < -0.4 is 0 Å². The maximum absolute atomic E-state index is 11.5. The fourth-order valence-electron chi connectivity index (χ4n) is 1.75. The van der Waals surface area contributed by atoms with Crippen molar-refractivity contribution in [1.82, 2.24) is 0 Å². The molecule has 0 aromatic heterocycles. The Labute approximate surface area is 116 Å². The number of unbranched alkanes of at least 4 members (excludes halogenated alkanes) is 2. The Balaban J connectivity index is 3.91. The number of hydrogen-bond acceptors (Lipinski definition) is 4. The second kappa shape index (κ2) is 10.7. The lowest BCUT2D eigenvalue weighted by Crippen LogP contribution is -2.23. The molecular weight excluding hydrogens is 244 g/mol. The fourth-order valence-corrected chi connectivity index (χ4v) is 1.75. The van der Waals surface area contributed by atoms with Crippen molar-refractivity contribution in [2.75, 3.05) is 13.7 Å². The van der Waals surface area contributed by atoms with Crippen LogP contribution in [0.1, 0.15) is 46.0 Å². The number of Topliss-reactive ketones (excluding diaryl/α,β-unsaturated/α-hetero) is 1. The van der Waals surface area contributed by atoms with Gasteiger partial charge in [0, 0.05) is 13.0 Å². The van der Waals surface area contributed by atoms with E-state index < -0.39 is 6.10 Å². The van der Waals surface area contributed by atoms with Crippen molar-refractivity contribution < 1.29 is 19.1 Å². The maximum atomic E-state index is 11.5. The molecule has 0 rings (SSSR count). The van der Waals surface area contributed by atoms with Gasteiger partial charge in [-0.05, 0) is 39.5 Å². The molecule has 0 aliphatic rings. The molecule has 0 heterocycles. The average Bonchev–Trinajstić information content (AvgIpc) is 2.39. The van der Waals surface area contributed by atoms with Crippen LogP contribution in [0.25, 0.3) is 0 Å². The van der Waals surface area contributed by atoms with Crippen molar-refractivity contribution in [3.63, 3.8) is 0 Å². The molecule has 19 heavy (non-hydrogen) atoms. The highest BCUT2D eigenvalue weighted by Crippen LogP contribution is 2.15. The number of hydrogen-bond donors (Lipinski definition) is 0. The molecule has 4 nitrogen and oxygen atoms in total. The highest BCUT2D eigenvalue weighted by Gasteiger charge is 2.17. The molecule has 0 saturated carbocycles. The first-order valence-electron chi connectivity index (χ1n) is 6.83. The van der Waals surface area contributed by atoms with E-state index in [-0.39, 0.29) is 24.3 Å². The summed E-state index contributed by atoms with van der Waals surface area (Å²) in [4.78, 5) is 22.9. The van der Waals surface area contributed by atoms with Crippen LogP contribution in [0.4, 0.5) is 0 Å². The SMILES string of the molecule is C=CCCCCC(CCOC(=O)C(C)OC)C(C)=O. The minimum absolute atomic E-state index is 0.0181. The van der Waals surface area contributed by atoms with Crippen molar-refractivity contribution in [3.05, 3.63) is 12.7 Å². The van der Waals surface area contributed by atoms with Gasteiger partial charge in [-0.15, -0.1) is 6.58 Å². The monoisotopic (exact) mass is 270 g/mol. The van der Waals surface area contributed by atoms with Gasteiger partial charge in [0.1, 0.15) is 5.78 Å². The molecule has 2 atom stereocenters. The standard InChI is InChI=1S/C15H26O4/c1-5-6-7-8-9-14(12(2)16)10-11-19-15(17)13(3)18-4/h5,13-14H,1,6-11H2,2-4H3. The predicted molar refractivity (Wildman–Crippen MR) is 74.9 cm³/mol. The molecule has 2 unspecified atom stereocenters. The smallest absolute Gasteiger partial charge is 0.334 e. The van der Waals surface area contributed by atoms with E-state index in [2.05, 4.69) is 6.58 Å². The average molecular weight is 270 g/mol. The minimum atomic E-state index is -0.552. The van der Waals surface area contributed by atoms with Gasteiger partial charge in [-0.1, -0.05) is 12.5 Å². The fraction of sp³-hybridized carbons (Fsp3) is 0.733. The zero-order valence-electron chi connectivity index (χ0n) is 12.3. The quantitative estimate of drug-likeness (QED) is 0.329. The second-order valence-electron chi connectivity index (χ2n) is 4.71. The summed E-state index contributed by atoms with van der Waals surface area (Å²) in [5.74, 6) is -0.235. The summed E-state index contributed by atoms with van der Waals surface area (Å²) in [6.07, 6.45) is 5.80. The lowest BCUT2D eigenvalue weighted by molar-refractivity contribution is -0.155. The van der Waals surface area contributed by atoms with Crippen LogP contribution in [-0.4, -0.2) is 31.6 Å². The summed E-state index contributed by atoms with van der Waals surface area (Å²) < 4.78 is 9.93. The predicted octanol–water partition coefficient (Wildman–Crippen LogP) is 2.91. The topological polar surface area (TPSA) is 52.6 Å². The first-order chi connectivity index (χ1) is 9.02. The Morgan fingerprint density at radius 3 is 2.47 bits per heavy atom. The Morgan fingerprint density at radius 2 is 1.95 bits per heavy atom. The molecule has 0 spiro atoms. The number of esters is 1. The number of methoxy groups -OCH3 is 1. The maximum Gasteiger partial charge on any atom is 0.334 e. The molecule has 0 radical (unpaired) electrons. The second-order valence-corrected chi connectivity index (χ2v) is 4.71. The molecule has 0 saturated heterocycles. The van der Waals surface area contributed by atoms with Crippen LogP contribution >= 0.6 is 0 Å². The van der Waals surface area contributed by atoms with Crippen molar-refractivity contribution in [2.45, 2.75) is 52.1 Å². The first kappa shape index (κ1) is 17.8. The molecular formula is C15H26O4. The van der Waals surface area contributed by atoms with Gasteiger partial charge in [0.05, 0.1) is 6.61 Å². The summed E-state index contributed by atoms with van der Waals surface area (Å²) in [6, 6.07) is 0. The third-order valence-corrected chi connectivity index (χ3v) is 3.18. The van der Waals surface area contributed by atoms with Crippen LogP contribution in [0.3, 0.4) is 0 Å². The van der Waals surface area contributed by atoms with E-state index in [1.54, 1.807) is 13.8 Å².